The molecule has 0 saturated carbocycles. The Labute approximate surface area is 184 Å². The largest absolute Gasteiger partial charge is 0.342 e. The average Bonchev–Trinajstić information content (AvgIpc) is 3.44. The van der Waals surface area contributed by atoms with Gasteiger partial charge in [0.25, 0.3) is 5.56 Å². The summed E-state index contributed by atoms with van der Waals surface area (Å²) in [5, 5.41) is 1.40. The van der Waals surface area contributed by atoms with Gasteiger partial charge in [0.1, 0.15) is 4.83 Å². The van der Waals surface area contributed by atoms with Crippen LogP contribution in [0.4, 0.5) is 0 Å². The second-order valence-electron chi connectivity index (χ2n) is 8.24. The topological polar surface area (TPSA) is 55.2 Å². The summed E-state index contributed by atoms with van der Waals surface area (Å²) < 4.78 is 1.74. The number of aromatic nitrogens is 2. The maximum Gasteiger partial charge on any atom is 0.267 e. The minimum atomic E-state index is 0.00229. The summed E-state index contributed by atoms with van der Waals surface area (Å²) in [5.41, 5.74) is 4.25. The van der Waals surface area contributed by atoms with Crippen LogP contribution in [0, 0.1) is 13.8 Å². The second kappa shape index (κ2) is 7.85. The van der Waals surface area contributed by atoms with Gasteiger partial charge in [0.2, 0.25) is 5.91 Å². The fourth-order valence-corrected chi connectivity index (χ4v) is 6.79. The molecule has 0 bridgehead atoms. The quantitative estimate of drug-likeness (QED) is 0.450. The third-order valence-corrected chi connectivity index (χ3v) is 8.19. The molecular weight excluding hydrogens is 414 g/mol. The van der Waals surface area contributed by atoms with E-state index in [2.05, 4.69) is 13.0 Å². The third kappa shape index (κ3) is 3.38. The normalized spacial score (nSPS) is 15.9. The van der Waals surface area contributed by atoms with Crippen LogP contribution < -0.4 is 5.56 Å². The van der Waals surface area contributed by atoms with Gasteiger partial charge in [0, 0.05) is 18.0 Å². The van der Waals surface area contributed by atoms with Crippen LogP contribution in [-0.4, -0.2) is 39.2 Å². The van der Waals surface area contributed by atoms with Crippen LogP contribution in [0.5, 0.6) is 0 Å². The summed E-state index contributed by atoms with van der Waals surface area (Å²) in [5.74, 6) is 0.446. The van der Waals surface area contributed by atoms with E-state index >= 15 is 0 Å². The molecule has 3 aromatic rings. The molecule has 156 valence electrons. The molecule has 1 amide bonds. The molecule has 0 unspecified atom stereocenters. The van der Waals surface area contributed by atoms with Gasteiger partial charge in [-0.3, -0.25) is 14.2 Å². The first-order valence-electron chi connectivity index (χ1n) is 10.6. The number of thiophene rings is 1. The predicted molar refractivity (Wildman–Crippen MR) is 123 cm³/mol. The second-order valence-corrected chi connectivity index (χ2v) is 10.3. The number of hydrogen-bond acceptors (Lipinski definition) is 5. The Morgan fingerprint density at radius 1 is 1.17 bits per heavy atom. The van der Waals surface area contributed by atoms with Gasteiger partial charge in [-0.15, -0.1) is 11.3 Å². The van der Waals surface area contributed by atoms with E-state index in [9.17, 15) is 9.59 Å². The summed E-state index contributed by atoms with van der Waals surface area (Å²) in [6.45, 7) is 5.76. The van der Waals surface area contributed by atoms with E-state index in [0.717, 1.165) is 72.2 Å². The number of rotatable bonds is 4. The van der Waals surface area contributed by atoms with Crippen LogP contribution in [-0.2, 0) is 17.6 Å². The number of carbonyl (C=O) groups excluding carboxylic acids is 1. The maximum atomic E-state index is 13.7. The highest BCUT2D eigenvalue weighted by Crippen LogP contribution is 2.36. The number of nitrogens with zero attached hydrogens (tertiary/aromatic N) is 3. The van der Waals surface area contributed by atoms with Crippen molar-refractivity contribution in [2.75, 3.05) is 18.8 Å². The van der Waals surface area contributed by atoms with Gasteiger partial charge >= 0.3 is 0 Å². The first kappa shape index (κ1) is 19.8. The zero-order chi connectivity index (χ0) is 20.8. The van der Waals surface area contributed by atoms with Crippen LogP contribution in [0.25, 0.3) is 15.9 Å². The molecule has 1 aliphatic carbocycles. The number of hydrogen-bond donors (Lipinski definition) is 0. The van der Waals surface area contributed by atoms with E-state index in [1.807, 2.05) is 24.0 Å². The molecule has 2 aromatic heterocycles. The van der Waals surface area contributed by atoms with Crippen molar-refractivity contribution in [1.29, 1.82) is 0 Å². The Balaban J connectivity index is 1.62. The molecule has 7 heteroatoms. The van der Waals surface area contributed by atoms with Gasteiger partial charge in [0.15, 0.2) is 5.16 Å². The Bertz CT molecular complexity index is 1210. The minimum Gasteiger partial charge on any atom is -0.342 e. The molecule has 0 spiro atoms. The Morgan fingerprint density at radius 3 is 2.73 bits per heavy atom. The smallest absolute Gasteiger partial charge is 0.267 e. The van der Waals surface area contributed by atoms with Gasteiger partial charge in [0.05, 0.1) is 16.8 Å². The molecule has 0 radical (unpaired) electrons. The van der Waals surface area contributed by atoms with E-state index in [1.54, 1.807) is 15.9 Å². The number of fused-ring (bicyclic) bond motifs is 3. The van der Waals surface area contributed by atoms with Gasteiger partial charge in [-0.05, 0) is 63.1 Å². The van der Waals surface area contributed by atoms with Crippen molar-refractivity contribution >= 4 is 39.2 Å². The summed E-state index contributed by atoms with van der Waals surface area (Å²) in [7, 11) is 0. The van der Waals surface area contributed by atoms with Crippen molar-refractivity contribution in [1.82, 2.24) is 14.5 Å². The van der Waals surface area contributed by atoms with Crippen molar-refractivity contribution in [3.05, 3.63) is 50.1 Å². The molecule has 0 N–H and O–H groups in total. The lowest BCUT2D eigenvalue weighted by Crippen LogP contribution is -2.30. The molecule has 1 aromatic carbocycles. The summed E-state index contributed by atoms with van der Waals surface area (Å²) in [6.07, 6.45) is 5.26. The van der Waals surface area contributed by atoms with Crippen LogP contribution in [0.15, 0.2) is 28.2 Å². The van der Waals surface area contributed by atoms with Crippen molar-refractivity contribution in [3.63, 3.8) is 0 Å². The maximum absolute atomic E-state index is 13.7. The predicted octanol–water partition coefficient (Wildman–Crippen LogP) is 4.27. The zero-order valence-electron chi connectivity index (χ0n) is 17.4. The molecule has 5 rings (SSSR count). The standard InChI is InChI=1S/C23H25N3O2S2/c1-14-8-9-17(15(2)12-14)26-22(28)20-16-6-5-7-18(16)30-21(20)24-23(26)29-13-19(27)25-10-3-4-11-25/h8-9,12H,3-7,10-11,13H2,1-2H3. The molecule has 0 atom stereocenters. The van der Waals surface area contributed by atoms with Crippen molar-refractivity contribution in [3.8, 4) is 5.69 Å². The number of carbonyl (C=O) groups is 1. The number of amides is 1. The van der Waals surface area contributed by atoms with E-state index in [0.29, 0.717) is 10.9 Å². The lowest BCUT2D eigenvalue weighted by Gasteiger charge is -2.17. The summed E-state index contributed by atoms with van der Waals surface area (Å²) in [6, 6.07) is 6.12. The number of aryl methyl sites for hydroxylation is 4. The van der Waals surface area contributed by atoms with E-state index in [4.69, 9.17) is 4.98 Å². The van der Waals surface area contributed by atoms with E-state index < -0.39 is 0 Å². The zero-order valence-corrected chi connectivity index (χ0v) is 19.0. The molecule has 1 saturated heterocycles. The Morgan fingerprint density at radius 2 is 1.97 bits per heavy atom. The molecule has 2 aliphatic rings. The number of benzene rings is 1. The number of likely N-dealkylation sites (tertiary alicyclic amines) is 1. The highest BCUT2D eigenvalue weighted by atomic mass is 32.2. The molecule has 30 heavy (non-hydrogen) atoms. The summed E-state index contributed by atoms with van der Waals surface area (Å²) >= 11 is 3.04. The monoisotopic (exact) mass is 439 g/mol. The fraction of sp³-hybridized carbons (Fsp3) is 0.435. The van der Waals surface area contributed by atoms with Crippen molar-refractivity contribution in [2.45, 2.75) is 51.1 Å². The van der Waals surface area contributed by atoms with Crippen LogP contribution in [0.1, 0.15) is 40.8 Å². The molecule has 1 aliphatic heterocycles. The van der Waals surface area contributed by atoms with Gasteiger partial charge in [-0.1, -0.05) is 29.5 Å². The van der Waals surface area contributed by atoms with Crippen molar-refractivity contribution < 1.29 is 4.79 Å². The highest BCUT2D eigenvalue weighted by molar-refractivity contribution is 7.99. The van der Waals surface area contributed by atoms with Crippen LogP contribution in [0.3, 0.4) is 0 Å². The van der Waals surface area contributed by atoms with E-state index in [1.165, 1.54) is 22.2 Å². The molecular formula is C23H25N3O2S2. The summed E-state index contributed by atoms with van der Waals surface area (Å²) in [4.78, 5) is 35.3. The minimum absolute atomic E-state index is 0.00229. The first-order valence-corrected chi connectivity index (χ1v) is 12.4. The molecule has 5 nitrogen and oxygen atoms in total. The van der Waals surface area contributed by atoms with Crippen molar-refractivity contribution in [2.24, 2.45) is 0 Å². The van der Waals surface area contributed by atoms with Gasteiger partial charge in [-0.2, -0.15) is 0 Å². The SMILES string of the molecule is Cc1ccc(-n2c(SCC(=O)N3CCCC3)nc3sc4c(c3c2=O)CCC4)c(C)c1. The molecule has 3 heterocycles. The van der Waals surface area contributed by atoms with Crippen LogP contribution in [0.2, 0.25) is 0 Å². The Kier molecular flexibility index (Phi) is 5.19. The highest BCUT2D eigenvalue weighted by Gasteiger charge is 2.25. The third-order valence-electron chi connectivity index (χ3n) is 6.08. The lowest BCUT2D eigenvalue weighted by atomic mass is 10.1. The number of thioether (sulfide) groups is 1. The van der Waals surface area contributed by atoms with E-state index in [-0.39, 0.29) is 11.5 Å². The average molecular weight is 440 g/mol. The lowest BCUT2D eigenvalue weighted by molar-refractivity contribution is -0.127. The molecule has 1 fully saturated rings. The van der Waals surface area contributed by atoms with Gasteiger partial charge < -0.3 is 4.90 Å². The van der Waals surface area contributed by atoms with Gasteiger partial charge in [-0.25, -0.2) is 4.98 Å². The van der Waals surface area contributed by atoms with Crippen LogP contribution >= 0.6 is 23.1 Å². The Hall–Kier alpha value is -2.12. The fourth-order valence-electron chi connectivity index (χ4n) is 4.57. The first-order chi connectivity index (χ1) is 14.5.